The topological polar surface area (TPSA) is 71.1 Å². The number of hydrogen-bond donors (Lipinski definition) is 0. The van der Waals surface area contributed by atoms with Crippen LogP contribution in [0.1, 0.15) is 20.7 Å². The van der Waals surface area contributed by atoms with Gasteiger partial charge in [0.2, 0.25) is 0 Å². The molecule has 120 valence electrons. The van der Waals surface area contributed by atoms with Crippen LogP contribution in [0.15, 0.2) is 42.5 Å². The molecule has 2 aromatic rings. The Labute approximate surface area is 133 Å². The molecule has 2 aromatic carbocycles. The molecular weight excluding hydrogens is 300 g/mol. The third kappa shape index (κ3) is 3.60. The van der Waals surface area contributed by atoms with Crippen molar-refractivity contribution in [3.05, 3.63) is 53.6 Å². The van der Waals surface area contributed by atoms with Crippen molar-refractivity contribution in [1.82, 2.24) is 0 Å². The van der Waals surface area contributed by atoms with Gasteiger partial charge in [-0.2, -0.15) is 0 Å². The molecule has 0 spiro atoms. The van der Waals surface area contributed by atoms with Gasteiger partial charge in [-0.25, -0.2) is 9.59 Å². The van der Waals surface area contributed by atoms with Crippen LogP contribution in [0.25, 0.3) is 0 Å². The Kier molecular flexibility index (Phi) is 5.19. The molecule has 6 heteroatoms. The molecule has 0 fully saturated rings. The first kappa shape index (κ1) is 16.4. The van der Waals surface area contributed by atoms with Crippen LogP contribution in [0.3, 0.4) is 0 Å². The summed E-state index contributed by atoms with van der Waals surface area (Å²) in [5, 5.41) is 0. The Morgan fingerprint density at radius 2 is 1.43 bits per heavy atom. The fourth-order valence-electron chi connectivity index (χ4n) is 1.95. The van der Waals surface area contributed by atoms with Gasteiger partial charge < -0.3 is 18.9 Å². The van der Waals surface area contributed by atoms with Crippen LogP contribution in [0.5, 0.6) is 17.2 Å². The Bertz CT molecular complexity index is 723. The van der Waals surface area contributed by atoms with Crippen molar-refractivity contribution < 1.29 is 28.5 Å². The zero-order valence-electron chi connectivity index (χ0n) is 13.0. The molecular formula is C17H16O6. The van der Waals surface area contributed by atoms with Gasteiger partial charge in [-0.05, 0) is 30.3 Å². The molecule has 0 saturated heterocycles. The maximum Gasteiger partial charge on any atom is 0.341 e. The van der Waals surface area contributed by atoms with Gasteiger partial charge in [0.05, 0.1) is 26.9 Å². The van der Waals surface area contributed by atoms with Gasteiger partial charge in [0.1, 0.15) is 11.3 Å². The summed E-state index contributed by atoms with van der Waals surface area (Å²) in [5.41, 5.74) is 0.441. The minimum absolute atomic E-state index is 0.171. The first-order valence-electron chi connectivity index (χ1n) is 6.72. The van der Waals surface area contributed by atoms with E-state index >= 15 is 0 Å². The van der Waals surface area contributed by atoms with Gasteiger partial charge in [0, 0.05) is 0 Å². The number of carbonyl (C=O) groups is 2. The smallest absolute Gasteiger partial charge is 0.341 e. The van der Waals surface area contributed by atoms with Crippen LogP contribution in [-0.2, 0) is 9.47 Å². The van der Waals surface area contributed by atoms with E-state index in [2.05, 4.69) is 4.74 Å². The van der Waals surface area contributed by atoms with Crippen LogP contribution >= 0.6 is 0 Å². The zero-order chi connectivity index (χ0) is 16.8. The Morgan fingerprint density at radius 3 is 2.04 bits per heavy atom. The number of ether oxygens (including phenoxy) is 4. The van der Waals surface area contributed by atoms with E-state index < -0.39 is 11.9 Å². The lowest BCUT2D eigenvalue weighted by Gasteiger charge is -2.13. The molecule has 0 saturated carbocycles. The number of hydrogen-bond acceptors (Lipinski definition) is 6. The predicted molar refractivity (Wildman–Crippen MR) is 82.2 cm³/mol. The molecule has 0 N–H and O–H groups in total. The Balaban J connectivity index is 2.48. The molecule has 0 radical (unpaired) electrons. The van der Waals surface area contributed by atoms with E-state index in [1.165, 1.54) is 39.5 Å². The van der Waals surface area contributed by atoms with Gasteiger partial charge in [-0.3, -0.25) is 0 Å². The van der Waals surface area contributed by atoms with E-state index in [1.807, 2.05) is 0 Å². The number of esters is 2. The van der Waals surface area contributed by atoms with E-state index in [9.17, 15) is 9.59 Å². The number of methoxy groups -OCH3 is 3. The first-order chi connectivity index (χ1) is 11.1. The third-order valence-corrected chi connectivity index (χ3v) is 3.10. The fraction of sp³-hybridized carbons (Fsp3) is 0.176. The standard InChI is InChI=1S/C17H16O6/c1-20-13-6-4-5-7-14(13)23-15-10-11(16(18)21-2)8-9-12(15)17(19)22-3/h4-10H,1-3H3. The number of para-hydroxylation sites is 2. The summed E-state index contributed by atoms with van der Waals surface area (Å²) >= 11 is 0. The SMILES string of the molecule is COC(=O)c1ccc(C(=O)OC)c(Oc2ccccc2OC)c1. The summed E-state index contributed by atoms with van der Waals surface area (Å²) in [7, 11) is 4.05. The van der Waals surface area contributed by atoms with Crippen molar-refractivity contribution >= 4 is 11.9 Å². The van der Waals surface area contributed by atoms with Gasteiger partial charge in [0.15, 0.2) is 11.5 Å². The predicted octanol–water partition coefficient (Wildman–Crippen LogP) is 3.06. The Hall–Kier alpha value is -3.02. The van der Waals surface area contributed by atoms with Gasteiger partial charge in [-0.15, -0.1) is 0 Å². The van der Waals surface area contributed by atoms with Crippen molar-refractivity contribution in [2.24, 2.45) is 0 Å². The third-order valence-electron chi connectivity index (χ3n) is 3.10. The van der Waals surface area contributed by atoms with Crippen LogP contribution < -0.4 is 9.47 Å². The van der Waals surface area contributed by atoms with Crippen molar-refractivity contribution in [3.63, 3.8) is 0 Å². The summed E-state index contributed by atoms with van der Waals surface area (Å²) in [6, 6.07) is 11.3. The molecule has 0 amide bonds. The minimum atomic E-state index is -0.577. The summed E-state index contributed by atoms with van der Waals surface area (Å²) < 4.78 is 20.4. The normalized spacial score (nSPS) is 9.87. The van der Waals surface area contributed by atoms with Crippen molar-refractivity contribution in [2.45, 2.75) is 0 Å². The minimum Gasteiger partial charge on any atom is -0.493 e. The lowest BCUT2D eigenvalue weighted by molar-refractivity contribution is 0.0584. The summed E-state index contributed by atoms with van der Waals surface area (Å²) in [6.45, 7) is 0. The van der Waals surface area contributed by atoms with Crippen LogP contribution in [0.4, 0.5) is 0 Å². The van der Waals surface area contributed by atoms with E-state index in [0.717, 1.165) is 0 Å². The molecule has 0 heterocycles. The maximum absolute atomic E-state index is 11.9. The van der Waals surface area contributed by atoms with E-state index in [4.69, 9.17) is 14.2 Å². The van der Waals surface area contributed by atoms with Crippen LogP contribution in [-0.4, -0.2) is 33.3 Å². The fourth-order valence-corrected chi connectivity index (χ4v) is 1.95. The van der Waals surface area contributed by atoms with Gasteiger partial charge >= 0.3 is 11.9 Å². The van der Waals surface area contributed by atoms with Crippen molar-refractivity contribution in [1.29, 1.82) is 0 Å². The van der Waals surface area contributed by atoms with E-state index in [0.29, 0.717) is 11.5 Å². The molecule has 0 aromatic heterocycles. The van der Waals surface area contributed by atoms with E-state index in [1.54, 1.807) is 24.3 Å². The molecule has 23 heavy (non-hydrogen) atoms. The molecule has 0 atom stereocenters. The second kappa shape index (κ2) is 7.31. The summed E-state index contributed by atoms with van der Waals surface area (Å²) in [4.78, 5) is 23.6. The molecule has 0 bridgehead atoms. The average Bonchev–Trinajstić information content (AvgIpc) is 2.60. The Morgan fingerprint density at radius 1 is 0.783 bits per heavy atom. The highest BCUT2D eigenvalue weighted by Gasteiger charge is 2.18. The van der Waals surface area contributed by atoms with Crippen molar-refractivity contribution in [3.8, 4) is 17.2 Å². The largest absolute Gasteiger partial charge is 0.493 e. The second-order valence-electron chi connectivity index (χ2n) is 4.45. The zero-order valence-corrected chi connectivity index (χ0v) is 13.0. The summed E-state index contributed by atoms with van der Waals surface area (Å²) in [6.07, 6.45) is 0. The number of carbonyl (C=O) groups excluding carboxylic acids is 2. The highest BCUT2D eigenvalue weighted by molar-refractivity contribution is 5.96. The maximum atomic E-state index is 11.9. The molecule has 0 aliphatic rings. The molecule has 0 aliphatic heterocycles. The lowest BCUT2D eigenvalue weighted by Crippen LogP contribution is -2.07. The highest BCUT2D eigenvalue weighted by Crippen LogP contribution is 2.33. The molecule has 0 unspecified atom stereocenters. The molecule has 2 rings (SSSR count). The van der Waals surface area contributed by atoms with Gasteiger partial charge in [-0.1, -0.05) is 12.1 Å². The molecule has 0 aliphatic carbocycles. The van der Waals surface area contributed by atoms with E-state index in [-0.39, 0.29) is 16.9 Å². The lowest BCUT2D eigenvalue weighted by atomic mass is 10.1. The average molecular weight is 316 g/mol. The number of benzene rings is 2. The monoisotopic (exact) mass is 316 g/mol. The highest BCUT2D eigenvalue weighted by atomic mass is 16.5. The quantitative estimate of drug-likeness (QED) is 0.790. The molecule has 6 nitrogen and oxygen atoms in total. The first-order valence-corrected chi connectivity index (χ1v) is 6.72. The van der Waals surface area contributed by atoms with Crippen LogP contribution in [0, 0.1) is 0 Å². The van der Waals surface area contributed by atoms with Crippen LogP contribution in [0.2, 0.25) is 0 Å². The second-order valence-corrected chi connectivity index (χ2v) is 4.45. The summed E-state index contributed by atoms with van der Waals surface area (Å²) in [5.74, 6) is -0.0455. The van der Waals surface area contributed by atoms with Gasteiger partial charge in [0.25, 0.3) is 0 Å². The number of rotatable bonds is 5. The van der Waals surface area contributed by atoms with Crippen molar-refractivity contribution in [2.75, 3.05) is 21.3 Å².